The summed E-state index contributed by atoms with van der Waals surface area (Å²) in [6, 6.07) is 31.6. The first kappa shape index (κ1) is 58.8. The quantitative estimate of drug-likeness (QED) is 0.0369. The van der Waals surface area contributed by atoms with Crippen LogP contribution >= 0.6 is 0 Å². The van der Waals surface area contributed by atoms with E-state index in [2.05, 4.69) is 16.1 Å². The molecule has 4 aromatic carbocycles. The van der Waals surface area contributed by atoms with Gasteiger partial charge < -0.3 is 39.4 Å². The van der Waals surface area contributed by atoms with Crippen LogP contribution in [0.4, 0.5) is 21.0 Å². The van der Waals surface area contributed by atoms with Crippen LogP contribution < -0.4 is 16.1 Å². The van der Waals surface area contributed by atoms with Crippen molar-refractivity contribution in [3.8, 4) is 0 Å². The van der Waals surface area contributed by atoms with Gasteiger partial charge in [-0.3, -0.25) is 29.9 Å². The number of alkyl carbamates (subject to hydrolysis) is 2. The van der Waals surface area contributed by atoms with Crippen molar-refractivity contribution in [3.05, 3.63) is 152 Å². The molecule has 4 aromatic rings. The predicted octanol–water partition coefficient (Wildman–Crippen LogP) is 8.32. The predicted molar refractivity (Wildman–Crippen MR) is 276 cm³/mol. The number of carbonyl (C=O) groups excluding carboxylic acids is 2. The molecule has 74 heavy (non-hydrogen) atoms. The minimum absolute atomic E-state index is 0.00479. The number of nitrogens with zero attached hydrogens (tertiary/aromatic N) is 3. The molecule has 0 spiro atoms. The second-order valence-corrected chi connectivity index (χ2v) is 20.2. The molecule has 20 nitrogen and oxygen atoms in total. The van der Waals surface area contributed by atoms with E-state index in [0.717, 1.165) is 62.0 Å². The Morgan fingerprint density at radius 3 is 1.59 bits per heavy atom. The number of carbonyl (C=O) groups is 2. The first-order valence-corrected chi connectivity index (χ1v) is 25.1. The Balaban J connectivity index is 0.000000228. The van der Waals surface area contributed by atoms with Gasteiger partial charge in [0.1, 0.15) is 17.3 Å². The Hall–Kier alpha value is -6.10. The molecule has 3 aliphatic heterocycles. The van der Waals surface area contributed by atoms with Crippen LogP contribution in [0.3, 0.4) is 0 Å². The van der Waals surface area contributed by atoms with Crippen molar-refractivity contribution < 1.29 is 57.9 Å². The molecule has 7 rings (SSSR count). The number of ether oxygens (including phenoxy) is 5. The van der Waals surface area contributed by atoms with Crippen molar-refractivity contribution >= 4 is 23.6 Å². The standard InChI is InChI=1S/C27H37N3O7.C15H21NO3.C12H16N2O4/c1-27(2,3)36-26(32)28-24(17-20-7-5-4-6-8-20)25(31)19-29(37-23-13-15-35-16-14-23)18-21-9-11-22(12-10-21)30(33)34;1-15(2,3)19-14(17)16-12(13-10-18-13)9-11-7-5-4-6-8-11;15-14(16)11-3-1-10(2-4-11)9-13-18-12-5-7-17-8-6-12/h4-12,23-25,31H,13-19H2,1-3H3,(H,28,32);4-8,12-13H,9-10H2,1-3H3,(H,16,17);1-4,12-13H,5-9H2. The van der Waals surface area contributed by atoms with Crippen molar-refractivity contribution in [3.63, 3.8) is 0 Å². The van der Waals surface area contributed by atoms with Crippen LogP contribution in [0.2, 0.25) is 0 Å². The molecule has 404 valence electrons. The number of hydrogen-bond donors (Lipinski definition) is 4. The monoisotopic (exact) mass is 1030 g/mol. The highest BCUT2D eigenvalue weighted by Crippen LogP contribution is 2.21. The van der Waals surface area contributed by atoms with Gasteiger partial charge in [0.05, 0.1) is 53.4 Å². The molecule has 2 amide bonds. The highest BCUT2D eigenvalue weighted by molar-refractivity contribution is 5.68. The number of benzene rings is 4. The molecule has 0 saturated carbocycles. The minimum Gasteiger partial charge on any atom is -0.444 e. The van der Waals surface area contributed by atoms with Gasteiger partial charge in [0, 0.05) is 63.8 Å². The summed E-state index contributed by atoms with van der Waals surface area (Å²) < 4.78 is 26.7. The minimum atomic E-state index is -0.995. The highest BCUT2D eigenvalue weighted by atomic mass is 16.7. The van der Waals surface area contributed by atoms with Gasteiger partial charge in [-0.2, -0.15) is 10.5 Å². The normalized spacial score (nSPS) is 17.2. The van der Waals surface area contributed by atoms with E-state index >= 15 is 0 Å². The van der Waals surface area contributed by atoms with Gasteiger partial charge >= 0.3 is 12.2 Å². The van der Waals surface area contributed by atoms with Crippen LogP contribution in [0.5, 0.6) is 0 Å². The summed E-state index contributed by atoms with van der Waals surface area (Å²) in [5.41, 5.74) is 5.72. The summed E-state index contributed by atoms with van der Waals surface area (Å²) in [6.45, 7) is 15.2. The Labute approximate surface area is 433 Å². The number of non-ortho nitro benzene ring substituents is 2. The molecular formula is C54H74N6O14. The van der Waals surface area contributed by atoms with Gasteiger partial charge in [-0.15, -0.1) is 0 Å². The molecule has 3 aliphatic rings. The van der Waals surface area contributed by atoms with E-state index in [0.29, 0.717) is 39.3 Å². The number of nitro groups is 2. The van der Waals surface area contributed by atoms with Gasteiger partial charge in [0.15, 0.2) is 0 Å². The number of epoxide rings is 1. The SMILES string of the molecule is CC(C)(C)OC(=O)NC(Cc1ccccc1)C(O)CN(Cc1ccc([N+](=O)[O-])cc1)OC1CCOCC1.CC(C)(C)OC(=O)NC(Cc1ccccc1)C1CO1.O=[N+]([O-])c1ccc(CNOC2CCOCC2)cc1. The topological polar surface area (TPSA) is 248 Å². The van der Waals surface area contributed by atoms with E-state index in [4.69, 9.17) is 33.4 Å². The van der Waals surface area contributed by atoms with E-state index in [1.165, 1.54) is 29.8 Å². The number of hydroxylamine groups is 3. The third-order valence-corrected chi connectivity index (χ3v) is 11.5. The Morgan fingerprint density at radius 2 is 1.12 bits per heavy atom. The maximum Gasteiger partial charge on any atom is 0.407 e. The van der Waals surface area contributed by atoms with Gasteiger partial charge in [-0.05, 0) is 102 Å². The maximum absolute atomic E-state index is 12.6. The fourth-order valence-corrected chi connectivity index (χ4v) is 7.67. The van der Waals surface area contributed by atoms with Gasteiger partial charge in [-0.1, -0.05) is 84.9 Å². The second kappa shape index (κ2) is 29.7. The number of rotatable bonds is 20. The van der Waals surface area contributed by atoms with Crippen molar-refractivity contribution in [2.24, 2.45) is 0 Å². The van der Waals surface area contributed by atoms with Crippen LogP contribution in [-0.4, -0.2) is 119 Å². The summed E-state index contributed by atoms with van der Waals surface area (Å²) in [4.78, 5) is 56.8. The lowest BCUT2D eigenvalue weighted by Gasteiger charge is -2.33. The number of nitrogens with one attached hydrogen (secondary N) is 3. The van der Waals surface area contributed by atoms with E-state index in [-0.39, 0.29) is 48.4 Å². The molecule has 0 aliphatic carbocycles. The lowest BCUT2D eigenvalue weighted by molar-refractivity contribution is -0.385. The Morgan fingerprint density at radius 1 is 0.662 bits per heavy atom. The Kier molecular flexibility index (Phi) is 23.6. The molecule has 4 atom stereocenters. The zero-order valence-corrected chi connectivity index (χ0v) is 43.4. The lowest BCUT2D eigenvalue weighted by atomic mass is 10.0. The molecule has 4 N–H and O–H groups in total. The molecule has 20 heteroatoms. The third-order valence-electron chi connectivity index (χ3n) is 11.5. The maximum atomic E-state index is 12.6. The van der Waals surface area contributed by atoms with E-state index in [9.17, 15) is 34.9 Å². The number of amides is 2. The van der Waals surface area contributed by atoms with Crippen LogP contribution in [0.1, 0.15) is 89.5 Å². The second-order valence-electron chi connectivity index (χ2n) is 20.2. The van der Waals surface area contributed by atoms with Gasteiger partial charge in [0.25, 0.3) is 11.4 Å². The van der Waals surface area contributed by atoms with E-state index < -0.39 is 39.3 Å². The average Bonchev–Trinajstić information content (AvgIpc) is 4.21. The van der Waals surface area contributed by atoms with Crippen molar-refractivity contribution in [1.82, 2.24) is 21.2 Å². The molecule has 0 aromatic heterocycles. The summed E-state index contributed by atoms with van der Waals surface area (Å²) in [7, 11) is 0. The van der Waals surface area contributed by atoms with Crippen molar-refractivity contribution in [1.29, 1.82) is 0 Å². The molecule has 3 heterocycles. The first-order valence-electron chi connectivity index (χ1n) is 25.1. The molecule has 0 bridgehead atoms. The molecule has 0 radical (unpaired) electrons. The fraction of sp³-hybridized carbons (Fsp3) is 0.519. The van der Waals surface area contributed by atoms with E-state index in [1.54, 1.807) is 50.1 Å². The smallest absolute Gasteiger partial charge is 0.407 e. The summed E-state index contributed by atoms with van der Waals surface area (Å²) in [6.07, 6.45) is 2.60. The summed E-state index contributed by atoms with van der Waals surface area (Å²) in [5.74, 6) is 0. The highest BCUT2D eigenvalue weighted by Gasteiger charge is 2.35. The molecule has 4 unspecified atom stereocenters. The average molecular weight is 1030 g/mol. The van der Waals surface area contributed by atoms with E-state index in [1.807, 2.05) is 81.4 Å². The zero-order chi connectivity index (χ0) is 53.5. The molecular weight excluding hydrogens is 957 g/mol. The zero-order valence-electron chi connectivity index (χ0n) is 43.4. The number of nitro benzene ring substituents is 2. The van der Waals surface area contributed by atoms with Crippen LogP contribution in [0.25, 0.3) is 0 Å². The van der Waals surface area contributed by atoms with Gasteiger partial charge in [0.2, 0.25) is 0 Å². The van der Waals surface area contributed by atoms with Crippen molar-refractivity contribution in [2.75, 3.05) is 39.6 Å². The van der Waals surface area contributed by atoms with Crippen LogP contribution in [-0.2, 0) is 59.3 Å². The third kappa shape index (κ3) is 23.4. The largest absolute Gasteiger partial charge is 0.444 e. The van der Waals surface area contributed by atoms with Crippen LogP contribution in [0.15, 0.2) is 109 Å². The molecule has 3 fully saturated rings. The first-order chi connectivity index (χ1) is 35.3. The number of aliphatic hydroxyl groups is 1. The molecule has 3 saturated heterocycles. The Bertz CT molecular complexity index is 2280. The van der Waals surface area contributed by atoms with Crippen LogP contribution in [0, 0.1) is 20.2 Å². The lowest BCUT2D eigenvalue weighted by Crippen LogP contribution is -2.51. The van der Waals surface area contributed by atoms with Gasteiger partial charge in [-0.25, -0.2) is 9.59 Å². The fourth-order valence-electron chi connectivity index (χ4n) is 7.67. The summed E-state index contributed by atoms with van der Waals surface area (Å²) >= 11 is 0. The number of aliphatic hydroxyl groups excluding tert-OH is 1. The summed E-state index contributed by atoms with van der Waals surface area (Å²) in [5, 5.41) is 40.2. The number of hydrogen-bond acceptors (Lipinski definition) is 16. The van der Waals surface area contributed by atoms with Crippen molar-refractivity contribution in [2.45, 2.75) is 141 Å².